The standard InChI is InChI=1S/C25H38N4O8/c1-5-14(4)21(24(35)28-18(25(36)37)12-15-6-8-16(30)9-7-15)29-22(33)17(10-11-19(31)32)27-23(34)20(26)13(2)3/h6-9,13-14,17-18,20-21,30H,5,10-12,26H2,1-4H3,(H,27,34)(H,28,35)(H,29,33)(H,31,32)(H,36,37). The van der Waals surface area contributed by atoms with E-state index in [9.17, 15) is 34.2 Å². The Hall–Kier alpha value is -3.67. The van der Waals surface area contributed by atoms with E-state index >= 15 is 0 Å². The Bertz CT molecular complexity index is 951. The normalized spacial score (nSPS) is 15.1. The number of carboxylic acid groups (broad SMARTS) is 2. The Morgan fingerprint density at radius 3 is 1.92 bits per heavy atom. The fourth-order valence-electron chi connectivity index (χ4n) is 3.39. The molecule has 8 N–H and O–H groups in total. The van der Waals surface area contributed by atoms with Crippen LogP contribution in [0.25, 0.3) is 0 Å². The second-order valence-corrected chi connectivity index (χ2v) is 9.41. The lowest BCUT2D eigenvalue weighted by atomic mass is 9.96. The van der Waals surface area contributed by atoms with Crippen LogP contribution in [0.4, 0.5) is 0 Å². The molecular weight excluding hydrogens is 484 g/mol. The van der Waals surface area contributed by atoms with E-state index < -0.39 is 66.2 Å². The minimum atomic E-state index is -1.31. The van der Waals surface area contributed by atoms with Gasteiger partial charge in [-0.05, 0) is 36.0 Å². The fraction of sp³-hybridized carbons (Fsp3) is 0.560. The van der Waals surface area contributed by atoms with Crippen molar-refractivity contribution in [3.05, 3.63) is 29.8 Å². The molecule has 1 aromatic rings. The molecule has 3 amide bonds. The molecule has 12 heteroatoms. The summed E-state index contributed by atoms with van der Waals surface area (Å²) in [5.74, 6) is -5.25. The van der Waals surface area contributed by atoms with E-state index in [1.165, 1.54) is 24.3 Å². The number of carbonyl (C=O) groups excluding carboxylic acids is 3. The zero-order valence-electron chi connectivity index (χ0n) is 21.6. The smallest absolute Gasteiger partial charge is 0.326 e. The molecule has 0 spiro atoms. The number of hydrogen-bond acceptors (Lipinski definition) is 7. The number of phenols is 1. The molecule has 5 atom stereocenters. The van der Waals surface area contributed by atoms with Crippen LogP contribution in [-0.2, 0) is 30.4 Å². The molecule has 37 heavy (non-hydrogen) atoms. The van der Waals surface area contributed by atoms with E-state index in [0.29, 0.717) is 12.0 Å². The number of benzene rings is 1. The summed E-state index contributed by atoms with van der Waals surface area (Å²) < 4.78 is 0. The van der Waals surface area contributed by atoms with Gasteiger partial charge in [0.2, 0.25) is 17.7 Å². The maximum atomic E-state index is 13.1. The predicted octanol–water partition coefficient (Wildman–Crippen LogP) is 0.368. The molecule has 1 aromatic carbocycles. The molecule has 0 heterocycles. The van der Waals surface area contributed by atoms with Crippen LogP contribution in [0.1, 0.15) is 52.5 Å². The Morgan fingerprint density at radius 1 is 0.865 bits per heavy atom. The van der Waals surface area contributed by atoms with Gasteiger partial charge in [0, 0.05) is 12.8 Å². The van der Waals surface area contributed by atoms with Crippen molar-refractivity contribution >= 4 is 29.7 Å². The van der Waals surface area contributed by atoms with Crippen LogP contribution in [0.3, 0.4) is 0 Å². The topological polar surface area (TPSA) is 208 Å². The predicted molar refractivity (Wildman–Crippen MR) is 134 cm³/mol. The number of aromatic hydroxyl groups is 1. The maximum absolute atomic E-state index is 13.1. The molecule has 0 fully saturated rings. The monoisotopic (exact) mass is 522 g/mol. The molecule has 1 rings (SSSR count). The van der Waals surface area contributed by atoms with Gasteiger partial charge in [-0.2, -0.15) is 0 Å². The average Bonchev–Trinajstić information content (AvgIpc) is 2.84. The molecule has 0 saturated carbocycles. The van der Waals surface area contributed by atoms with Gasteiger partial charge in [-0.1, -0.05) is 46.2 Å². The van der Waals surface area contributed by atoms with Crippen LogP contribution in [0, 0.1) is 11.8 Å². The van der Waals surface area contributed by atoms with Gasteiger partial charge in [-0.3, -0.25) is 19.2 Å². The molecule has 0 radical (unpaired) electrons. The number of phenolic OH excluding ortho intramolecular Hbond substituents is 1. The molecule has 12 nitrogen and oxygen atoms in total. The van der Waals surface area contributed by atoms with E-state index in [4.69, 9.17) is 10.8 Å². The lowest BCUT2D eigenvalue weighted by Gasteiger charge is -2.28. The Labute approximate surface area is 216 Å². The van der Waals surface area contributed by atoms with E-state index in [1.54, 1.807) is 27.7 Å². The van der Waals surface area contributed by atoms with Crippen LogP contribution in [0.2, 0.25) is 0 Å². The molecule has 0 aliphatic carbocycles. The van der Waals surface area contributed by atoms with Gasteiger partial charge in [0.05, 0.1) is 6.04 Å². The summed E-state index contributed by atoms with van der Waals surface area (Å²) in [6.07, 6.45) is -0.250. The number of hydrogen-bond donors (Lipinski definition) is 7. The van der Waals surface area contributed by atoms with Crippen LogP contribution < -0.4 is 21.7 Å². The van der Waals surface area contributed by atoms with Crippen molar-refractivity contribution < 1.29 is 39.3 Å². The highest BCUT2D eigenvalue weighted by atomic mass is 16.4. The number of amides is 3. The third-order valence-electron chi connectivity index (χ3n) is 6.08. The molecule has 0 aliphatic heterocycles. The highest BCUT2D eigenvalue weighted by molar-refractivity contribution is 5.94. The van der Waals surface area contributed by atoms with Crippen molar-refractivity contribution in [2.24, 2.45) is 17.6 Å². The van der Waals surface area contributed by atoms with Crippen molar-refractivity contribution in [1.82, 2.24) is 16.0 Å². The SMILES string of the molecule is CCC(C)C(NC(=O)C(CCC(=O)O)NC(=O)C(N)C(C)C)C(=O)NC(Cc1ccc(O)cc1)C(=O)O. The number of nitrogens with two attached hydrogens (primary N) is 1. The van der Waals surface area contributed by atoms with Crippen molar-refractivity contribution in [1.29, 1.82) is 0 Å². The first-order valence-corrected chi connectivity index (χ1v) is 12.2. The van der Waals surface area contributed by atoms with Gasteiger partial charge in [-0.25, -0.2) is 4.79 Å². The highest BCUT2D eigenvalue weighted by Gasteiger charge is 2.33. The van der Waals surface area contributed by atoms with Crippen molar-refractivity contribution in [2.75, 3.05) is 0 Å². The molecule has 206 valence electrons. The second kappa shape index (κ2) is 14.8. The van der Waals surface area contributed by atoms with Gasteiger partial charge >= 0.3 is 11.9 Å². The summed E-state index contributed by atoms with van der Waals surface area (Å²) in [5.41, 5.74) is 6.41. The first-order valence-electron chi connectivity index (χ1n) is 12.2. The fourth-order valence-corrected chi connectivity index (χ4v) is 3.39. The zero-order chi connectivity index (χ0) is 28.3. The number of carbonyl (C=O) groups is 5. The summed E-state index contributed by atoms with van der Waals surface area (Å²) in [6.45, 7) is 6.92. The lowest BCUT2D eigenvalue weighted by Crippen LogP contribution is -2.59. The zero-order valence-corrected chi connectivity index (χ0v) is 21.6. The van der Waals surface area contributed by atoms with Crippen molar-refractivity contribution in [3.63, 3.8) is 0 Å². The molecular formula is C25H38N4O8. The first kappa shape index (κ1) is 31.4. The van der Waals surface area contributed by atoms with Crippen molar-refractivity contribution in [2.45, 2.75) is 77.5 Å². The van der Waals surface area contributed by atoms with E-state index in [1.807, 2.05) is 0 Å². The summed E-state index contributed by atoms with van der Waals surface area (Å²) in [4.78, 5) is 61.6. The van der Waals surface area contributed by atoms with Gasteiger partial charge in [0.15, 0.2) is 0 Å². The van der Waals surface area contributed by atoms with E-state index in [-0.39, 0.29) is 24.5 Å². The summed E-state index contributed by atoms with van der Waals surface area (Å²) in [5, 5.41) is 35.6. The number of nitrogens with one attached hydrogen (secondary N) is 3. The number of aliphatic carboxylic acids is 2. The van der Waals surface area contributed by atoms with Crippen LogP contribution in [-0.4, -0.2) is 69.1 Å². The van der Waals surface area contributed by atoms with Crippen LogP contribution >= 0.6 is 0 Å². The maximum Gasteiger partial charge on any atom is 0.326 e. The minimum absolute atomic E-state index is 0.0121. The quantitative estimate of drug-likeness (QED) is 0.169. The summed E-state index contributed by atoms with van der Waals surface area (Å²) in [7, 11) is 0. The Balaban J connectivity index is 3.07. The Morgan fingerprint density at radius 2 is 1.43 bits per heavy atom. The van der Waals surface area contributed by atoms with E-state index in [2.05, 4.69) is 16.0 Å². The molecule has 5 unspecified atom stereocenters. The lowest BCUT2D eigenvalue weighted by molar-refractivity contribution is -0.142. The largest absolute Gasteiger partial charge is 0.508 e. The number of rotatable bonds is 15. The highest BCUT2D eigenvalue weighted by Crippen LogP contribution is 2.13. The second-order valence-electron chi connectivity index (χ2n) is 9.41. The summed E-state index contributed by atoms with van der Waals surface area (Å²) >= 11 is 0. The van der Waals surface area contributed by atoms with Crippen molar-refractivity contribution in [3.8, 4) is 5.75 Å². The Kier molecular flexibility index (Phi) is 12.5. The first-order chi connectivity index (χ1) is 17.3. The van der Waals surface area contributed by atoms with Gasteiger partial charge in [-0.15, -0.1) is 0 Å². The number of carboxylic acids is 2. The molecule has 0 bridgehead atoms. The van der Waals surface area contributed by atoms with E-state index in [0.717, 1.165) is 0 Å². The van der Waals surface area contributed by atoms with Crippen LogP contribution in [0.15, 0.2) is 24.3 Å². The summed E-state index contributed by atoms with van der Waals surface area (Å²) in [6, 6.07) is 1.20. The average molecular weight is 523 g/mol. The van der Waals surface area contributed by atoms with Crippen LogP contribution in [0.5, 0.6) is 5.75 Å². The van der Waals surface area contributed by atoms with Gasteiger partial charge in [0.1, 0.15) is 23.9 Å². The molecule has 0 aliphatic rings. The third kappa shape index (κ3) is 10.5. The third-order valence-corrected chi connectivity index (χ3v) is 6.08. The molecule has 0 aromatic heterocycles. The van der Waals surface area contributed by atoms with Gasteiger partial charge in [0.25, 0.3) is 0 Å². The van der Waals surface area contributed by atoms with Gasteiger partial charge < -0.3 is 37.0 Å². The minimum Gasteiger partial charge on any atom is -0.508 e. The molecule has 0 saturated heterocycles.